The van der Waals surface area contributed by atoms with E-state index in [9.17, 15) is 4.79 Å². The van der Waals surface area contributed by atoms with Gasteiger partial charge >= 0.3 is 5.97 Å². The third-order valence-electron chi connectivity index (χ3n) is 4.31. The van der Waals surface area contributed by atoms with Crippen LogP contribution < -0.4 is 16.0 Å². The van der Waals surface area contributed by atoms with E-state index in [-0.39, 0.29) is 5.97 Å². The molecule has 1 unspecified atom stereocenters. The Bertz CT molecular complexity index is 517. The van der Waals surface area contributed by atoms with E-state index < -0.39 is 0 Å². The van der Waals surface area contributed by atoms with Crippen molar-refractivity contribution < 1.29 is 9.53 Å². The Morgan fingerprint density at radius 1 is 1.43 bits per heavy atom. The Morgan fingerprint density at radius 2 is 2.26 bits per heavy atom. The molecule has 1 saturated heterocycles. The Balaban J connectivity index is 2.25. The number of carbonyl (C=O) groups is 1. The van der Waals surface area contributed by atoms with Gasteiger partial charge in [0.25, 0.3) is 0 Å². The summed E-state index contributed by atoms with van der Waals surface area (Å²) >= 11 is 0. The first-order valence-corrected chi connectivity index (χ1v) is 8.69. The second-order valence-corrected chi connectivity index (χ2v) is 6.01. The van der Waals surface area contributed by atoms with Gasteiger partial charge in [-0.25, -0.2) is 4.79 Å². The second kappa shape index (κ2) is 8.77. The number of piperidine rings is 1. The number of anilines is 2. The number of esters is 1. The van der Waals surface area contributed by atoms with Crippen LogP contribution in [0, 0.1) is 5.92 Å². The molecule has 1 aliphatic rings. The summed E-state index contributed by atoms with van der Waals surface area (Å²) in [7, 11) is 0. The molecular weight excluding hydrogens is 290 g/mol. The molecule has 0 saturated carbocycles. The van der Waals surface area contributed by atoms with Crippen LogP contribution in [0.15, 0.2) is 18.2 Å². The number of nitrogens with zero attached hydrogens (tertiary/aromatic N) is 1. The largest absolute Gasteiger partial charge is 0.462 e. The third kappa shape index (κ3) is 4.61. The van der Waals surface area contributed by atoms with E-state index in [1.165, 1.54) is 12.8 Å². The lowest BCUT2D eigenvalue weighted by Gasteiger charge is -2.35. The van der Waals surface area contributed by atoms with Crippen LogP contribution in [0.5, 0.6) is 0 Å². The molecule has 3 N–H and O–H groups in total. The molecule has 0 radical (unpaired) electrons. The summed E-state index contributed by atoms with van der Waals surface area (Å²) in [6, 6.07) is 5.78. The minimum absolute atomic E-state index is 0.257. The average Bonchev–Trinajstić information content (AvgIpc) is 2.56. The molecule has 1 aliphatic heterocycles. The van der Waals surface area contributed by atoms with E-state index in [4.69, 9.17) is 10.5 Å². The Kier molecular flexibility index (Phi) is 6.71. The molecule has 23 heavy (non-hydrogen) atoms. The van der Waals surface area contributed by atoms with Crippen molar-refractivity contribution in [3.05, 3.63) is 23.8 Å². The molecule has 5 nitrogen and oxygen atoms in total. The number of rotatable bonds is 7. The molecule has 1 heterocycles. The maximum absolute atomic E-state index is 12.0. The Hall–Kier alpha value is -1.75. The molecule has 1 atom stereocenters. The highest BCUT2D eigenvalue weighted by Crippen LogP contribution is 2.32. The van der Waals surface area contributed by atoms with Crippen molar-refractivity contribution in [3.8, 4) is 0 Å². The van der Waals surface area contributed by atoms with Gasteiger partial charge in [0.1, 0.15) is 0 Å². The summed E-state index contributed by atoms with van der Waals surface area (Å²) in [5.41, 5.74) is 8.52. The summed E-state index contributed by atoms with van der Waals surface area (Å²) in [4.78, 5) is 14.4. The first-order chi connectivity index (χ1) is 11.2. The first kappa shape index (κ1) is 17.6. The normalized spacial score (nSPS) is 17.9. The fraction of sp³-hybridized carbons (Fsp3) is 0.611. The van der Waals surface area contributed by atoms with E-state index in [0.717, 1.165) is 44.0 Å². The van der Waals surface area contributed by atoms with E-state index in [1.807, 2.05) is 25.1 Å². The number of hydrogen-bond donors (Lipinski definition) is 2. The van der Waals surface area contributed by atoms with Gasteiger partial charge in [0.05, 0.1) is 23.5 Å². The van der Waals surface area contributed by atoms with Crippen molar-refractivity contribution in [3.63, 3.8) is 0 Å². The molecule has 2 rings (SSSR count). The van der Waals surface area contributed by atoms with Gasteiger partial charge in [0.2, 0.25) is 0 Å². The standard InChI is InChI=1S/C18H29N3O2/c1-3-20-16-8-7-15(18(22)23-4-2)12-17(16)21-11-5-6-14(13-21)9-10-19/h7-8,12,14,20H,3-6,9-11,13,19H2,1-2H3. The minimum atomic E-state index is -0.257. The smallest absolute Gasteiger partial charge is 0.338 e. The monoisotopic (exact) mass is 319 g/mol. The molecule has 0 aliphatic carbocycles. The van der Waals surface area contributed by atoms with E-state index in [2.05, 4.69) is 17.1 Å². The highest BCUT2D eigenvalue weighted by molar-refractivity contribution is 5.92. The van der Waals surface area contributed by atoms with Gasteiger partial charge in [-0.1, -0.05) is 0 Å². The molecule has 128 valence electrons. The fourth-order valence-corrected chi connectivity index (χ4v) is 3.23. The molecule has 5 heteroatoms. The van der Waals surface area contributed by atoms with Crippen LogP contribution in [0.3, 0.4) is 0 Å². The number of nitrogens with two attached hydrogens (primary N) is 1. The zero-order chi connectivity index (χ0) is 16.7. The number of nitrogens with one attached hydrogen (secondary N) is 1. The summed E-state index contributed by atoms with van der Waals surface area (Å²) in [6.45, 7) is 7.91. The van der Waals surface area contributed by atoms with Crippen LogP contribution in [0.2, 0.25) is 0 Å². The number of ether oxygens (including phenoxy) is 1. The van der Waals surface area contributed by atoms with Crippen molar-refractivity contribution in [1.29, 1.82) is 0 Å². The van der Waals surface area contributed by atoms with Crippen LogP contribution in [-0.2, 0) is 4.74 Å². The summed E-state index contributed by atoms with van der Waals surface area (Å²) in [6.07, 6.45) is 3.46. The fourth-order valence-electron chi connectivity index (χ4n) is 3.23. The van der Waals surface area contributed by atoms with Crippen LogP contribution in [0.4, 0.5) is 11.4 Å². The maximum Gasteiger partial charge on any atom is 0.338 e. The van der Waals surface area contributed by atoms with Crippen LogP contribution in [-0.4, -0.2) is 38.8 Å². The second-order valence-electron chi connectivity index (χ2n) is 6.01. The van der Waals surface area contributed by atoms with Crippen LogP contribution in [0.25, 0.3) is 0 Å². The third-order valence-corrected chi connectivity index (χ3v) is 4.31. The minimum Gasteiger partial charge on any atom is -0.462 e. The van der Waals surface area contributed by atoms with Gasteiger partial charge in [-0.2, -0.15) is 0 Å². The number of carbonyl (C=O) groups excluding carboxylic acids is 1. The van der Waals surface area contributed by atoms with Crippen LogP contribution in [0.1, 0.15) is 43.5 Å². The Morgan fingerprint density at radius 3 is 2.96 bits per heavy atom. The lowest BCUT2D eigenvalue weighted by Crippen LogP contribution is -2.36. The maximum atomic E-state index is 12.0. The van der Waals surface area contributed by atoms with Crippen molar-refractivity contribution in [2.45, 2.75) is 33.1 Å². The van der Waals surface area contributed by atoms with Gasteiger partial charge < -0.3 is 20.7 Å². The Labute approximate surface area is 139 Å². The topological polar surface area (TPSA) is 67.6 Å². The molecule has 0 bridgehead atoms. The molecule has 0 amide bonds. The SMILES string of the molecule is CCNc1ccc(C(=O)OCC)cc1N1CCCC(CCN)C1. The first-order valence-electron chi connectivity index (χ1n) is 8.69. The van der Waals surface area contributed by atoms with Gasteiger partial charge in [-0.15, -0.1) is 0 Å². The van der Waals surface area contributed by atoms with Gasteiger partial charge in [0, 0.05) is 19.6 Å². The number of hydrogen-bond acceptors (Lipinski definition) is 5. The van der Waals surface area contributed by atoms with Gasteiger partial charge in [-0.05, 0) is 63.8 Å². The van der Waals surface area contributed by atoms with E-state index in [0.29, 0.717) is 18.1 Å². The zero-order valence-electron chi connectivity index (χ0n) is 14.3. The highest BCUT2D eigenvalue weighted by atomic mass is 16.5. The predicted molar refractivity (Wildman–Crippen MR) is 95.2 cm³/mol. The lowest BCUT2D eigenvalue weighted by atomic mass is 9.94. The average molecular weight is 319 g/mol. The summed E-state index contributed by atoms with van der Waals surface area (Å²) in [5.74, 6) is 0.377. The molecule has 1 aromatic carbocycles. The molecule has 0 spiro atoms. The van der Waals surface area contributed by atoms with Crippen LogP contribution >= 0.6 is 0 Å². The van der Waals surface area contributed by atoms with Crippen molar-refractivity contribution in [2.24, 2.45) is 11.7 Å². The van der Waals surface area contributed by atoms with Crippen molar-refractivity contribution in [2.75, 3.05) is 43.0 Å². The molecular formula is C18H29N3O2. The quantitative estimate of drug-likeness (QED) is 0.756. The summed E-state index contributed by atoms with van der Waals surface area (Å²) < 4.78 is 5.14. The molecule has 0 aromatic heterocycles. The number of benzene rings is 1. The van der Waals surface area contributed by atoms with Gasteiger partial charge in [-0.3, -0.25) is 0 Å². The van der Waals surface area contributed by atoms with E-state index in [1.54, 1.807) is 0 Å². The van der Waals surface area contributed by atoms with Gasteiger partial charge in [0.15, 0.2) is 0 Å². The van der Waals surface area contributed by atoms with E-state index >= 15 is 0 Å². The highest BCUT2D eigenvalue weighted by Gasteiger charge is 2.22. The molecule has 1 aromatic rings. The summed E-state index contributed by atoms with van der Waals surface area (Å²) in [5, 5.41) is 3.40. The van der Waals surface area contributed by atoms with Crippen molar-refractivity contribution in [1.82, 2.24) is 0 Å². The van der Waals surface area contributed by atoms with Crippen molar-refractivity contribution >= 4 is 17.3 Å². The predicted octanol–water partition coefficient (Wildman–Crippen LogP) is 2.86. The lowest BCUT2D eigenvalue weighted by molar-refractivity contribution is 0.0526. The molecule has 1 fully saturated rings. The zero-order valence-corrected chi connectivity index (χ0v) is 14.3.